The summed E-state index contributed by atoms with van der Waals surface area (Å²) in [6.07, 6.45) is 0. The summed E-state index contributed by atoms with van der Waals surface area (Å²) < 4.78 is 70.2. The van der Waals surface area contributed by atoms with Gasteiger partial charge in [0, 0.05) is 75.9 Å². The maximum Gasteiger partial charge on any atom is 0.296 e. The number of hydrogen-bond donors (Lipinski definition) is 5. The molecule has 0 fully saturated rings. The Hall–Kier alpha value is -2.45. The second-order valence-electron chi connectivity index (χ2n) is 10.1. The van der Waals surface area contributed by atoms with Gasteiger partial charge in [-0.15, -0.1) is 10.2 Å². The molecule has 0 saturated carbocycles. The second kappa shape index (κ2) is 14.4. The van der Waals surface area contributed by atoms with Crippen molar-refractivity contribution in [3.8, 4) is 0 Å². The van der Waals surface area contributed by atoms with Crippen LogP contribution in [-0.4, -0.2) is 113 Å². The zero-order valence-electron chi connectivity index (χ0n) is 25.8. The quantitative estimate of drug-likeness (QED) is 0.0945. The molecule has 48 heavy (non-hydrogen) atoms. The molecule has 1 aliphatic carbocycles. The fourth-order valence-corrected chi connectivity index (χ4v) is 7.34. The number of rotatable bonds is 6. The monoisotopic (exact) mass is 751 g/mol. The number of anilines is 4. The zero-order chi connectivity index (χ0) is 34.0. The molecule has 1 aromatic heterocycles. The number of halogens is 2. The van der Waals surface area contributed by atoms with Crippen LogP contribution in [0, 0.1) is 20.8 Å². The molecule has 0 unspecified atom stereocenters. The summed E-state index contributed by atoms with van der Waals surface area (Å²) in [6, 6.07) is 7.67. The maximum absolute atomic E-state index is 13.8. The van der Waals surface area contributed by atoms with E-state index < -0.39 is 58.8 Å². The first-order chi connectivity index (χ1) is 21.3. The molecule has 0 atom stereocenters. The van der Waals surface area contributed by atoms with Gasteiger partial charge in [-0.3, -0.25) is 23.5 Å². The van der Waals surface area contributed by atoms with Crippen molar-refractivity contribution in [2.45, 2.75) is 30.6 Å². The van der Waals surface area contributed by atoms with Crippen LogP contribution in [0.3, 0.4) is 0 Å². The average Bonchev–Trinajstić information content (AvgIpc) is 2.96. The zero-order valence-corrected chi connectivity index (χ0v) is 32.9. The third kappa shape index (κ3) is 7.08. The minimum atomic E-state index is -5.08. The average molecular weight is 753 g/mol. The fraction of sp³-hybridized carbons (Fsp3) is 0.107. The van der Waals surface area contributed by atoms with Crippen LogP contribution in [0.2, 0.25) is 10.3 Å². The molecule has 5 rings (SSSR count). The number of nitrogens with one attached hydrogen (secondary N) is 2. The van der Waals surface area contributed by atoms with Gasteiger partial charge in [0.25, 0.3) is 26.1 Å². The summed E-state index contributed by atoms with van der Waals surface area (Å²) in [5, 5.41) is 11.9. The molecule has 1 amide bonds. The van der Waals surface area contributed by atoms with Crippen molar-refractivity contribution in [1.82, 2.24) is 10.2 Å². The molecule has 0 spiro atoms. The van der Waals surface area contributed by atoms with E-state index in [0.29, 0.717) is 0 Å². The van der Waals surface area contributed by atoms with Gasteiger partial charge in [0.1, 0.15) is 9.79 Å². The Balaban J connectivity index is 0.00000312. The summed E-state index contributed by atoms with van der Waals surface area (Å²) in [6.45, 7) is 4.06. The number of carbonyl (C=O) groups excluding carboxylic acids is 3. The van der Waals surface area contributed by atoms with Gasteiger partial charge in [-0.05, 0) is 49.6 Å². The number of hydrogen-bond acceptors (Lipinski definition) is 11. The van der Waals surface area contributed by atoms with Gasteiger partial charge < -0.3 is 16.4 Å². The first kappa shape index (κ1) is 40.0. The van der Waals surface area contributed by atoms with Crippen LogP contribution >= 0.6 is 23.2 Å². The van der Waals surface area contributed by atoms with Crippen molar-refractivity contribution in [3.63, 3.8) is 0 Å². The van der Waals surface area contributed by atoms with E-state index >= 15 is 0 Å². The van der Waals surface area contributed by atoms with Gasteiger partial charge in [-0.1, -0.05) is 47.5 Å². The Morgan fingerprint density at radius 1 is 0.812 bits per heavy atom. The Morgan fingerprint density at radius 3 is 1.90 bits per heavy atom. The van der Waals surface area contributed by atoms with Crippen LogP contribution in [0.1, 0.15) is 58.9 Å². The van der Waals surface area contributed by atoms with Crippen LogP contribution in [0.15, 0.2) is 46.2 Å². The van der Waals surface area contributed by atoms with Gasteiger partial charge in [0.15, 0.2) is 21.9 Å². The van der Waals surface area contributed by atoms with Crippen molar-refractivity contribution < 1.29 is 40.3 Å². The van der Waals surface area contributed by atoms with Crippen LogP contribution in [0.4, 0.5) is 22.7 Å². The van der Waals surface area contributed by atoms with E-state index in [1.165, 1.54) is 45.0 Å². The van der Waals surface area contributed by atoms with E-state index in [1.807, 2.05) is 0 Å². The molecule has 0 aliphatic heterocycles. The van der Waals surface area contributed by atoms with Gasteiger partial charge >= 0.3 is 0 Å². The molecule has 20 heteroatoms. The largest absolute Gasteiger partial charge is 0.397 e. The summed E-state index contributed by atoms with van der Waals surface area (Å²) in [7, 11) is -10.1. The minimum absolute atomic E-state index is 0. The number of amides is 1. The summed E-state index contributed by atoms with van der Waals surface area (Å²) >= 11 is 11.9. The van der Waals surface area contributed by atoms with Crippen LogP contribution in [0.5, 0.6) is 0 Å². The number of ketones is 2. The normalized spacial score (nSPS) is 12.3. The van der Waals surface area contributed by atoms with E-state index in [2.05, 4.69) is 20.8 Å². The third-order valence-corrected chi connectivity index (χ3v) is 9.86. The van der Waals surface area contributed by atoms with Gasteiger partial charge in [-0.2, -0.15) is 16.8 Å². The maximum atomic E-state index is 13.8. The summed E-state index contributed by atoms with van der Waals surface area (Å²) in [5.41, 5.74) is 3.49. The molecule has 240 valence electrons. The van der Waals surface area contributed by atoms with Gasteiger partial charge in [0.05, 0.1) is 33.8 Å². The molecule has 1 aliphatic rings. The number of nitrogens with zero attached hydrogens (tertiary/aromatic N) is 2. The molecule has 3 aromatic carbocycles. The summed E-state index contributed by atoms with van der Waals surface area (Å²) in [5.74, 6) is -2.43. The first-order valence-electron chi connectivity index (χ1n) is 12.8. The van der Waals surface area contributed by atoms with Crippen LogP contribution < -0.4 is 16.4 Å². The van der Waals surface area contributed by atoms with Crippen molar-refractivity contribution >= 4 is 143 Å². The van der Waals surface area contributed by atoms with E-state index in [1.54, 1.807) is 0 Å². The molecule has 14 nitrogen and oxygen atoms in total. The van der Waals surface area contributed by atoms with Crippen molar-refractivity contribution in [1.29, 1.82) is 0 Å². The number of nitrogen functional groups attached to an aromatic ring is 1. The van der Waals surface area contributed by atoms with Crippen LogP contribution in [-0.2, 0) is 20.2 Å². The van der Waals surface area contributed by atoms with Crippen molar-refractivity contribution in [3.05, 3.63) is 91.2 Å². The fourth-order valence-electron chi connectivity index (χ4n) is 5.39. The predicted molar refractivity (Wildman–Crippen MR) is 179 cm³/mol. The molecule has 2 radical (unpaired) electrons. The van der Waals surface area contributed by atoms with E-state index in [-0.39, 0.29) is 125 Å². The molecule has 0 saturated heterocycles. The predicted octanol–water partition coefficient (Wildman–Crippen LogP) is 3.79. The van der Waals surface area contributed by atoms with Crippen molar-refractivity contribution in [2.75, 3.05) is 16.4 Å². The number of fused-ring (bicyclic) bond motifs is 2. The molecule has 4 aromatic rings. The Kier molecular flexibility index (Phi) is 12.0. The van der Waals surface area contributed by atoms with Gasteiger partial charge in [-0.25, -0.2) is 0 Å². The third-order valence-electron chi connectivity index (χ3n) is 7.38. The Morgan fingerprint density at radius 2 is 1.35 bits per heavy atom. The summed E-state index contributed by atoms with van der Waals surface area (Å²) in [4.78, 5) is 39.0. The van der Waals surface area contributed by atoms with Crippen molar-refractivity contribution in [2.24, 2.45) is 0 Å². The van der Waals surface area contributed by atoms with Crippen LogP contribution in [0.25, 0.3) is 0 Å². The Bertz CT molecular complexity index is 2310. The van der Waals surface area contributed by atoms with E-state index in [9.17, 15) is 40.3 Å². The standard InChI is InChI=1S/C28H21Cl2N5O9S2.2Na/c1-10-22(11(2)26(46(42,43)44)12(3)23(10)33-28(38)15-8-18(29)34-35-27(15)30)32-16-9-17(45(39,40)41)21(31)20-19(16)24(36)13-6-4-5-7-14(13)25(20)37;;/h4-9,32H,31H2,1-3H3,(H,33,38)(H,39,40,41)(H,42,43,44);;. The number of carbonyl (C=O) groups is 3. The molecular weight excluding hydrogens is 731 g/mol. The second-order valence-corrected chi connectivity index (χ2v) is 13.6. The topological polar surface area (TPSA) is 236 Å². The molecular formula is C28H21Cl2N5Na2O9S2. The molecule has 0 bridgehead atoms. The van der Waals surface area contributed by atoms with E-state index in [4.69, 9.17) is 28.9 Å². The molecule has 1 heterocycles. The smallest absolute Gasteiger partial charge is 0.296 e. The number of benzene rings is 3. The Labute approximate surface area is 328 Å². The minimum Gasteiger partial charge on any atom is -0.397 e. The SMILES string of the molecule is Cc1c(NC(=O)c2cc(Cl)nnc2Cl)c(C)c(S(=O)(=O)O)c(C)c1Nc1cc(S(=O)(=O)O)c(N)c2c1C(=O)c1ccccc1C2=O.[Na].[Na]. The molecule has 6 N–H and O–H groups in total. The van der Waals surface area contributed by atoms with E-state index in [0.717, 1.165) is 12.1 Å². The van der Waals surface area contributed by atoms with Gasteiger partial charge in [0.2, 0.25) is 0 Å². The first-order valence-corrected chi connectivity index (χ1v) is 16.5. The number of nitrogens with two attached hydrogens (primary N) is 1. The number of aromatic nitrogens is 2.